The first-order valence-corrected chi connectivity index (χ1v) is 4.72. The molecule has 0 saturated carbocycles. The van der Waals surface area contributed by atoms with E-state index in [2.05, 4.69) is 8.75 Å². The highest BCUT2D eigenvalue weighted by Gasteiger charge is 2.13. The molecule has 2 rings (SSSR count). The molecule has 3 nitrogen and oxygen atoms in total. The fourth-order valence-corrected chi connectivity index (χ4v) is 1.85. The number of hydrogen-bond donors (Lipinski definition) is 1. The first-order chi connectivity index (χ1) is 5.84. The Bertz CT molecular complexity index is 281. The minimum absolute atomic E-state index is 0.230. The van der Waals surface area contributed by atoms with Crippen molar-refractivity contribution in [1.29, 1.82) is 0 Å². The topological polar surface area (TPSA) is 46.0 Å². The van der Waals surface area contributed by atoms with Gasteiger partial charge in [0, 0.05) is 6.42 Å². The zero-order chi connectivity index (χ0) is 8.39. The highest BCUT2D eigenvalue weighted by molar-refractivity contribution is 6.99. The van der Waals surface area contributed by atoms with Crippen LogP contribution in [0.15, 0.2) is 17.8 Å². The number of allylic oxidation sites excluding steroid dienone is 1. The highest BCUT2D eigenvalue weighted by atomic mass is 32.1. The first-order valence-electron chi connectivity index (χ1n) is 3.98. The molecule has 4 heteroatoms. The maximum absolute atomic E-state index is 9.22. The van der Waals surface area contributed by atoms with E-state index >= 15 is 0 Å². The fourth-order valence-electron chi connectivity index (χ4n) is 1.41. The largest absolute Gasteiger partial charge is 0.389 e. The van der Waals surface area contributed by atoms with E-state index < -0.39 is 0 Å². The van der Waals surface area contributed by atoms with Gasteiger partial charge in [0.1, 0.15) is 0 Å². The Kier molecular flexibility index (Phi) is 2.19. The third-order valence-electron chi connectivity index (χ3n) is 2.00. The normalized spacial score (nSPS) is 22.8. The summed E-state index contributed by atoms with van der Waals surface area (Å²) < 4.78 is 8.04. The van der Waals surface area contributed by atoms with Crippen molar-refractivity contribution < 1.29 is 5.11 Å². The van der Waals surface area contributed by atoms with Crippen LogP contribution in [0.4, 0.5) is 0 Å². The quantitative estimate of drug-likeness (QED) is 0.698. The van der Waals surface area contributed by atoms with Gasteiger partial charge in [-0.1, -0.05) is 11.6 Å². The summed E-state index contributed by atoms with van der Waals surface area (Å²) in [6.07, 6.45) is 6.21. The smallest absolute Gasteiger partial charge is 0.0783 e. The lowest BCUT2D eigenvalue weighted by Gasteiger charge is -1.94. The van der Waals surface area contributed by atoms with E-state index in [-0.39, 0.29) is 6.10 Å². The molecule has 1 unspecified atom stereocenters. The van der Waals surface area contributed by atoms with Crippen LogP contribution in [0.25, 0.3) is 0 Å². The van der Waals surface area contributed by atoms with Crippen molar-refractivity contribution >= 4 is 11.7 Å². The maximum atomic E-state index is 9.22. The maximum Gasteiger partial charge on any atom is 0.0783 e. The van der Waals surface area contributed by atoms with Crippen LogP contribution in [0.2, 0.25) is 0 Å². The van der Waals surface area contributed by atoms with E-state index in [1.807, 2.05) is 6.08 Å². The van der Waals surface area contributed by atoms with E-state index in [1.165, 1.54) is 17.3 Å². The Labute approximate surface area is 75.1 Å². The van der Waals surface area contributed by atoms with Gasteiger partial charge in [-0.3, -0.25) is 0 Å². The molecule has 0 spiro atoms. The Morgan fingerprint density at radius 2 is 2.58 bits per heavy atom. The molecule has 1 atom stereocenters. The molecule has 0 saturated heterocycles. The van der Waals surface area contributed by atoms with Gasteiger partial charge < -0.3 is 5.11 Å². The third-order valence-corrected chi connectivity index (χ3v) is 2.52. The SMILES string of the molecule is OC1C=C(Cc2cnsn2)CC1. The summed E-state index contributed by atoms with van der Waals surface area (Å²) >= 11 is 1.23. The van der Waals surface area contributed by atoms with E-state index in [4.69, 9.17) is 0 Å². The minimum atomic E-state index is -0.230. The summed E-state index contributed by atoms with van der Waals surface area (Å²) in [6, 6.07) is 0. The van der Waals surface area contributed by atoms with Crippen molar-refractivity contribution in [3.63, 3.8) is 0 Å². The average Bonchev–Trinajstić information content (AvgIpc) is 2.63. The second kappa shape index (κ2) is 3.33. The molecule has 0 bridgehead atoms. The molecule has 0 aliphatic heterocycles. The Balaban J connectivity index is 2.00. The number of hydrogen-bond acceptors (Lipinski definition) is 4. The second-order valence-electron chi connectivity index (χ2n) is 3.01. The molecule has 0 fully saturated rings. The van der Waals surface area contributed by atoms with Gasteiger partial charge in [0.25, 0.3) is 0 Å². The molecule has 0 radical (unpaired) electrons. The summed E-state index contributed by atoms with van der Waals surface area (Å²) in [6.45, 7) is 0. The second-order valence-corrected chi connectivity index (χ2v) is 3.56. The molecular formula is C8H10N2OS. The van der Waals surface area contributed by atoms with E-state index in [9.17, 15) is 5.11 Å². The summed E-state index contributed by atoms with van der Waals surface area (Å²) in [5.74, 6) is 0. The van der Waals surface area contributed by atoms with Gasteiger partial charge >= 0.3 is 0 Å². The molecule has 0 aromatic carbocycles. The summed E-state index contributed by atoms with van der Waals surface area (Å²) in [5, 5.41) is 9.22. The first kappa shape index (κ1) is 7.89. The zero-order valence-electron chi connectivity index (χ0n) is 6.60. The fraction of sp³-hybridized carbons (Fsp3) is 0.500. The molecular weight excluding hydrogens is 172 g/mol. The van der Waals surface area contributed by atoms with Crippen molar-refractivity contribution in [2.45, 2.75) is 25.4 Å². The van der Waals surface area contributed by atoms with Crippen LogP contribution in [-0.2, 0) is 6.42 Å². The van der Waals surface area contributed by atoms with Crippen molar-refractivity contribution in [2.24, 2.45) is 0 Å². The summed E-state index contributed by atoms with van der Waals surface area (Å²) in [4.78, 5) is 0. The molecule has 1 N–H and O–H groups in total. The predicted molar refractivity (Wildman–Crippen MR) is 46.9 cm³/mol. The predicted octanol–water partition coefficient (Wildman–Crippen LogP) is 1.16. The molecule has 1 heterocycles. The molecule has 1 aromatic rings. The van der Waals surface area contributed by atoms with Crippen LogP contribution in [0.1, 0.15) is 18.5 Å². The van der Waals surface area contributed by atoms with Gasteiger partial charge in [0.15, 0.2) is 0 Å². The van der Waals surface area contributed by atoms with Crippen molar-refractivity contribution in [1.82, 2.24) is 8.75 Å². The van der Waals surface area contributed by atoms with Gasteiger partial charge in [0.2, 0.25) is 0 Å². The van der Waals surface area contributed by atoms with Crippen LogP contribution >= 0.6 is 11.7 Å². The average molecular weight is 182 g/mol. The Morgan fingerprint density at radius 1 is 1.67 bits per heavy atom. The van der Waals surface area contributed by atoms with Crippen molar-refractivity contribution in [3.8, 4) is 0 Å². The van der Waals surface area contributed by atoms with Gasteiger partial charge in [-0.2, -0.15) is 8.75 Å². The van der Waals surface area contributed by atoms with Crippen LogP contribution in [0.5, 0.6) is 0 Å². The monoisotopic (exact) mass is 182 g/mol. The number of aliphatic hydroxyl groups excluding tert-OH is 1. The van der Waals surface area contributed by atoms with Crippen LogP contribution in [0.3, 0.4) is 0 Å². The highest BCUT2D eigenvalue weighted by Crippen LogP contribution is 2.21. The van der Waals surface area contributed by atoms with Gasteiger partial charge in [-0.05, 0) is 12.8 Å². The molecule has 12 heavy (non-hydrogen) atoms. The van der Waals surface area contributed by atoms with Gasteiger partial charge in [0.05, 0.1) is 29.7 Å². The van der Waals surface area contributed by atoms with E-state index in [0.717, 1.165) is 25.0 Å². The molecule has 0 amide bonds. The molecule has 1 aliphatic rings. The standard InChI is InChI=1S/C8H10N2OS/c11-8-2-1-6(4-8)3-7-5-9-12-10-7/h4-5,8,11H,1-3H2. The van der Waals surface area contributed by atoms with Crippen molar-refractivity contribution in [3.05, 3.63) is 23.5 Å². The van der Waals surface area contributed by atoms with Crippen molar-refractivity contribution in [2.75, 3.05) is 0 Å². The molecule has 64 valence electrons. The number of aliphatic hydroxyl groups is 1. The van der Waals surface area contributed by atoms with Gasteiger partial charge in [-0.15, -0.1) is 0 Å². The van der Waals surface area contributed by atoms with Crippen LogP contribution in [0, 0.1) is 0 Å². The number of aromatic nitrogens is 2. The zero-order valence-corrected chi connectivity index (χ0v) is 7.42. The van der Waals surface area contributed by atoms with E-state index in [0.29, 0.717) is 0 Å². The molecule has 1 aromatic heterocycles. The molecule has 1 aliphatic carbocycles. The van der Waals surface area contributed by atoms with Gasteiger partial charge in [-0.25, -0.2) is 0 Å². The summed E-state index contributed by atoms with van der Waals surface area (Å²) in [5.41, 5.74) is 2.30. The summed E-state index contributed by atoms with van der Waals surface area (Å²) in [7, 11) is 0. The van der Waals surface area contributed by atoms with Crippen LogP contribution in [-0.4, -0.2) is 20.0 Å². The Morgan fingerprint density at radius 3 is 3.17 bits per heavy atom. The Hall–Kier alpha value is -0.740. The lowest BCUT2D eigenvalue weighted by atomic mass is 10.1. The minimum Gasteiger partial charge on any atom is -0.389 e. The van der Waals surface area contributed by atoms with Crippen LogP contribution < -0.4 is 0 Å². The number of rotatable bonds is 2. The lowest BCUT2D eigenvalue weighted by molar-refractivity contribution is 0.223. The number of nitrogens with zero attached hydrogens (tertiary/aromatic N) is 2. The lowest BCUT2D eigenvalue weighted by Crippen LogP contribution is -1.93. The van der Waals surface area contributed by atoms with E-state index in [1.54, 1.807) is 6.20 Å². The third kappa shape index (κ3) is 1.70.